The van der Waals surface area contributed by atoms with Gasteiger partial charge in [-0.3, -0.25) is 0 Å². The number of nitrogens with one attached hydrogen (secondary N) is 1. The molecule has 0 atom stereocenters. The summed E-state index contributed by atoms with van der Waals surface area (Å²) in [6.45, 7) is 0. The van der Waals surface area contributed by atoms with Crippen molar-refractivity contribution in [1.82, 2.24) is 15.0 Å². The fraction of sp³-hybridized carbons (Fsp3) is 0. The molecule has 88 valence electrons. The predicted octanol–water partition coefficient (Wildman–Crippen LogP) is -5.08. The van der Waals surface area contributed by atoms with Crippen LogP contribution < -0.4 is 94.0 Å². The zero-order valence-electron chi connectivity index (χ0n) is 13.8. The average molecular weight is 348 g/mol. The maximum Gasteiger partial charge on any atom is 1.00 e. The Morgan fingerprint density at radius 1 is 0.842 bits per heavy atom. The third-order valence-corrected chi connectivity index (χ3v) is 2.37. The van der Waals surface area contributed by atoms with Crippen LogP contribution in [0, 0.1) is 0 Å². The third kappa shape index (κ3) is 7.63. The van der Waals surface area contributed by atoms with Gasteiger partial charge in [-0.2, -0.15) is 15.0 Å². The fourth-order valence-corrected chi connectivity index (χ4v) is 1.61. The molecule has 1 heterocycles. The van der Waals surface area contributed by atoms with Gasteiger partial charge in [0, 0.05) is 0 Å². The Morgan fingerprint density at radius 3 is 1.89 bits per heavy atom. The van der Waals surface area contributed by atoms with Crippen molar-refractivity contribution >= 4 is 46.4 Å². The van der Waals surface area contributed by atoms with Crippen LogP contribution in [0.4, 0.5) is 11.6 Å². The predicted molar refractivity (Wildman–Crippen MR) is 67.9 cm³/mol. The number of benzene rings is 1. The largest absolute Gasteiger partial charge is 1.00 e. The molecule has 0 saturated carbocycles. The zero-order valence-corrected chi connectivity index (χ0v) is 19.1. The number of rotatable bonds is 2. The average Bonchev–Trinajstić information content (AvgIpc) is 2.20. The molecule has 1 aromatic heterocycles. The number of hydrogen-bond acceptors (Lipinski definition) is 4. The Kier molecular flexibility index (Phi) is 14.0. The van der Waals surface area contributed by atoms with Crippen LogP contribution in [0.3, 0.4) is 0 Å². The van der Waals surface area contributed by atoms with Gasteiger partial charge in [0.25, 0.3) is 0 Å². The van der Waals surface area contributed by atoms with Gasteiger partial charge in [0.2, 0.25) is 16.5 Å². The van der Waals surface area contributed by atoms with Gasteiger partial charge in [0.1, 0.15) is 0 Å². The van der Waals surface area contributed by atoms with E-state index in [1.54, 1.807) is 12.1 Å². The summed E-state index contributed by atoms with van der Waals surface area (Å²) in [5, 5.41) is 3.49. The van der Waals surface area contributed by atoms with E-state index in [1.165, 1.54) is 0 Å². The summed E-state index contributed by atoms with van der Waals surface area (Å²) in [7, 11) is 0. The normalized spacial score (nSPS) is 8.58. The monoisotopic (exact) mass is 346 g/mol. The molecule has 0 bridgehead atoms. The van der Waals surface area contributed by atoms with Gasteiger partial charge in [-0.15, -0.1) is 0 Å². The van der Waals surface area contributed by atoms with Crippen molar-refractivity contribution in [3.8, 4) is 0 Å². The Bertz CT molecular complexity index is 522. The smallest absolute Gasteiger partial charge is 1.00 e. The van der Waals surface area contributed by atoms with Gasteiger partial charge in [-0.25, -0.2) is 0 Å². The minimum absolute atomic E-state index is 0. The standard InChI is InChI=1S/C9H5Cl3N4.3Na.3H/c10-5-3-1-2-4-6(5)13-9-15-7(11)14-8(12)16-9;;;;;;/h1-4H,(H,13,14,15,16);;;;;;/q;3*+1;3*-1. The molecule has 2 aromatic rings. The minimum Gasteiger partial charge on any atom is -1.00 e. The maximum absolute atomic E-state index is 5.95. The van der Waals surface area contributed by atoms with E-state index in [4.69, 9.17) is 34.8 Å². The summed E-state index contributed by atoms with van der Waals surface area (Å²) in [6.07, 6.45) is 0. The van der Waals surface area contributed by atoms with Crippen LogP contribution in [-0.4, -0.2) is 15.0 Å². The molecule has 4 nitrogen and oxygen atoms in total. The van der Waals surface area contributed by atoms with Crippen LogP contribution in [0.25, 0.3) is 0 Å². The first-order chi connectivity index (χ1) is 7.65. The second kappa shape index (κ2) is 11.5. The molecule has 0 radical (unpaired) electrons. The summed E-state index contributed by atoms with van der Waals surface area (Å²) >= 11 is 17.2. The molecule has 0 aliphatic heterocycles. The number of anilines is 2. The summed E-state index contributed by atoms with van der Waals surface area (Å²) < 4.78 is 0. The van der Waals surface area contributed by atoms with E-state index in [0.717, 1.165) is 0 Å². The first-order valence-electron chi connectivity index (χ1n) is 4.24. The molecule has 0 aliphatic rings. The van der Waals surface area contributed by atoms with E-state index in [1.807, 2.05) is 12.1 Å². The van der Waals surface area contributed by atoms with Crippen molar-refractivity contribution < 1.29 is 93.0 Å². The van der Waals surface area contributed by atoms with Gasteiger partial charge in [-0.1, -0.05) is 23.7 Å². The topological polar surface area (TPSA) is 50.7 Å². The molecule has 0 unspecified atom stereocenters. The molecule has 1 N–H and O–H groups in total. The summed E-state index contributed by atoms with van der Waals surface area (Å²) in [6, 6.07) is 7.18. The van der Waals surface area contributed by atoms with Crippen molar-refractivity contribution in [3.05, 3.63) is 39.9 Å². The van der Waals surface area contributed by atoms with Crippen LogP contribution >= 0.6 is 34.8 Å². The molecule has 0 aliphatic carbocycles. The van der Waals surface area contributed by atoms with Crippen LogP contribution in [0.5, 0.6) is 0 Å². The molecular formula is C9H8Cl3N4Na3. The van der Waals surface area contributed by atoms with Crippen molar-refractivity contribution in [3.63, 3.8) is 0 Å². The molecule has 0 spiro atoms. The van der Waals surface area contributed by atoms with E-state index in [2.05, 4.69) is 20.3 Å². The number of aromatic nitrogens is 3. The third-order valence-electron chi connectivity index (χ3n) is 1.70. The first kappa shape index (κ1) is 23.2. The number of para-hydroxylation sites is 1. The van der Waals surface area contributed by atoms with E-state index < -0.39 is 0 Å². The van der Waals surface area contributed by atoms with Gasteiger partial charge in [0.05, 0.1) is 10.7 Å². The van der Waals surface area contributed by atoms with E-state index in [9.17, 15) is 0 Å². The Labute approximate surface area is 196 Å². The van der Waals surface area contributed by atoms with Gasteiger partial charge < -0.3 is 9.60 Å². The van der Waals surface area contributed by atoms with Gasteiger partial charge >= 0.3 is 88.7 Å². The van der Waals surface area contributed by atoms with Crippen LogP contribution in [-0.2, 0) is 0 Å². The molecule has 1 aromatic carbocycles. The Balaban J connectivity index is -0.000000161. The van der Waals surface area contributed by atoms with E-state index in [0.29, 0.717) is 10.7 Å². The van der Waals surface area contributed by atoms with Gasteiger partial charge in [0.15, 0.2) is 0 Å². The SMILES string of the molecule is Clc1nc(Cl)nc(Nc2ccccc2Cl)n1.[H-].[H-].[H-].[Na+].[Na+].[Na+]. The molecule has 0 saturated heterocycles. The first-order valence-corrected chi connectivity index (χ1v) is 5.37. The zero-order chi connectivity index (χ0) is 11.5. The van der Waals surface area contributed by atoms with Gasteiger partial charge in [-0.05, 0) is 35.3 Å². The van der Waals surface area contributed by atoms with Crippen molar-refractivity contribution in [2.75, 3.05) is 5.32 Å². The Morgan fingerprint density at radius 2 is 1.37 bits per heavy atom. The van der Waals surface area contributed by atoms with Crippen LogP contribution in [0.15, 0.2) is 24.3 Å². The van der Waals surface area contributed by atoms with Crippen molar-refractivity contribution in [2.24, 2.45) is 0 Å². The summed E-state index contributed by atoms with van der Waals surface area (Å²) in [5.74, 6) is 0.248. The summed E-state index contributed by atoms with van der Waals surface area (Å²) in [5.41, 5.74) is 0.669. The fourth-order valence-electron chi connectivity index (χ4n) is 1.06. The summed E-state index contributed by atoms with van der Waals surface area (Å²) in [4.78, 5) is 11.4. The maximum atomic E-state index is 5.95. The molecule has 0 amide bonds. The van der Waals surface area contributed by atoms with Crippen LogP contribution in [0.2, 0.25) is 15.6 Å². The number of nitrogens with zero attached hydrogens (tertiary/aromatic N) is 3. The molecule has 19 heavy (non-hydrogen) atoms. The molecular weight excluding hydrogens is 339 g/mol. The number of halogens is 3. The van der Waals surface area contributed by atoms with Crippen molar-refractivity contribution in [2.45, 2.75) is 0 Å². The second-order valence-corrected chi connectivity index (χ2v) is 3.89. The molecule has 2 rings (SSSR count). The molecule has 10 heteroatoms. The second-order valence-electron chi connectivity index (χ2n) is 2.80. The minimum atomic E-state index is 0. The molecule has 0 fully saturated rings. The van der Waals surface area contributed by atoms with Crippen LogP contribution in [0.1, 0.15) is 4.28 Å². The van der Waals surface area contributed by atoms with E-state index in [-0.39, 0.29) is 109 Å². The van der Waals surface area contributed by atoms with Crippen molar-refractivity contribution in [1.29, 1.82) is 0 Å². The van der Waals surface area contributed by atoms with E-state index >= 15 is 0 Å². The quantitative estimate of drug-likeness (QED) is 0.553. The Hall–Kier alpha value is 1.90. The number of hydrogen-bond donors (Lipinski definition) is 1.